The number of allylic oxidation sites excluding steroid dienone is 4. The molecule has 4 aliphatic rings. The van der Waals surface area contributed by atoms with Gasteiger partial charge in [-0.2, -0.15) is 0 Å². The van der Waals surface area contributed by atoms with E-state index in [0.717, 1.165) is 41.4 Å². The largest absolute Gasteiger partial charge is 0.0882 e. The minimum atomic E-state index is 0.552. The van der Waals surface area contributed by atoms with Crippen molar-refractivity contribution in [2.24, 2.45) is 52.3 Å². The first kappa shape index (κ1) is 20.7. The summed E-state index contributed by atoms with van der Waals surface area (Å²) in [5.41, 5.74) is 3.06. The molecule has 4 rings (SSSR count). The predicted molar refractivity (Wildman–Crippen MR) is 122 cm³/mol. The van der Waals surface area contributed by atoms with Crippen LogP contribution in [0.4, 0.5) is 0 Å². The van der Waals surface area contributed by atoms with Gasteiger partial charge in [-0.1, -0.05) is 78.2 Å². The number of hydrogen-bond donors (Lipinski definition) is 0. The average molecular weight is 383 g/mol. The zero-order valence-corrected chi connectivity index (χ0v) is 19.6. The maximum atomic E-state index is 2.76. The molecule has 0 unspecified atom stereocenters. The van der Waals surface area contributed by atoms with Crippen molar-refractivity contribution in [3.8, 4) is 0 Å². The highest BCUT2D eigenvalue weighted by Crippen LogP contribution is 2.66. The summed E-state index contributed by atoms with van der Waals surface area (Å²) in [6.07, 6.45) is 20.5. The summed E-state index contributed by atoms with van der Waals surface area (Å²) in [4.78, 5) is 0. The van der Waals surface area contributed by atoms with Crippen LogP contribution in [-0.4, -0.2) is 0 Å². The van der Waals surface area contributed by atoms with Crippen LogP contribution in [-0.2, 0) is 0 Å². The van der Waals surface area contributed by atoms with E-state index >= 15 is 0 Å². The SMILES string of the molecule is CC(C)[C@@H](C)CC[C@@H](C)[C@@H]1CC[C@@H]2C3=CC[C@H]4CC=CC[C@@]4(C)[C@@H]3CC[C@]21C. The molecule has 0 aromatic carbocycles. The summed E-state index contributed by atoms with van der Waals surface area (Å²) in [5.74, 6) is 6.24. The Kier molecular flexibility index (Phi) is 5.65. The van der Waals surface area contributed by atoms with Gasteiger partial charge in [-0.15, -0.1) is 0 Å². The Bertz CT molecular complexity index is 624. The molecular formula is C28H46. The predicted octanol–water partition coefficient (Wildman–Crippen LogP) is 8.44. The molecule has 2 fully saturated rings. The van der Waals surface area contributed by atoms with Gasteiger partial charge in [-0.3, -0.25) is 0 Å². The molecule has 0 heterocycles. The highest BCUT2D eigenvalue weighted by atomic mass is 14.6. The van der Waals surface area contributed by atoms with Crippen LogP contribution in [0, 0.1) is 52.3 Å². The van der Waals surface area contributed by atoms with Gasteiger partial charge >= 0.3 is 0 Å². The van der Waals surface area contributed by atoms with Crippen LogP contribution in [0.3, 0.4) is 0 Å². The first-order valence-corrected chi connectivity index (χ1v) is 12.6. The second-order valence-corrected chi connectivity index (χ2v) is 12.2. The van der Waals surface area contributed by atoms with E-state index < -0.39 is 0 Å². The van der Waals surface area contributed by atoms with E-state index in [0.29, 0.717) is 10.8 Å². The second kappa shape index (κ2) is 7.63. The molecule has 158 valence electrons. The fourth-order valence-electron chi connectivity index (χ4n) is 8.13. The summed E-state index contributed by atoms with van der Waals surface area (Å²) in [7, 11) is 0. The van der Waals surface area contributed by atoms with Crippen molar-refractivity contribution in [2.75, 3.05) is 0 Å². The van der Waals surface area contributed by atoms with Crippen LogP contribution >= 0.6 is 0 Å². The quantitative estimate of drug-likeness (QED) is 0.418. The zero-order valence-electron chi connectivity index (χ0n) is 19.6. The molecule has 0 N–H and O–H groups in total. The van der Waals surface area contributed by atoms with Crippen molar-refractivity contribution in [1.29, 1.82) is 0 Å². The fraction of sp³-hybridized carbons (Fsp3) is 0.857. The molecule has 0 spiro atoms. The van der Waals surface area contributed by atoms with Gasteiger partial charge in [0.15, 0.2) is 0 Å². The summed E-state index contributed by atoms with van der Waals surface area (Å²) < 4.78 is 0. The first-order valence-electron chi connectivity index (χ1n) is 12.6. The molecule has 0 nitrogen and oxygen atoms in total. The Morgan fingerprint density at radius 2 is 1.64 bits per heavy atom. The third-order valence-electron chi connectivity index (χ3n) is 10.6. The number of fused-ring (bicyclic) bond motifs is 5. The molecule has 28 heavy (non-hydrogen) atoms. The van der Waals surface area contributed by atoms with Crippen molar-refractivity contribution >= 4 is 0 Å². The van der Waals surface area contributed by atoms with Crippen molar-refractivity contribution in [1.82, 2.24) is 0 Å². The molecule has 0 aromatic heterocycles. The molecule has 0 amide bonds. The van der Waals surface area contributed by atoms with Crippen LogP contribution < -0.4 is 0 Å². The molecule has 2 saturated carbocycles. The Morgan fingerprint density at radius 3 is 2.39 bits per heavy atom. The number of rotatable bonds is 5. The zero-order chi connectivity index (χ0) is 20.1. The summed E-state index contributed by atoms with van der Waals surface area (Å²) >= 11 is 0. The minimum Gasteiger partial charge on any atom is -0.0882 e. The molecular weight excluding hydrogens is 336 g/mol. The smallest absolute Gasteiger partial charge is 0.0140 e. The van der Waals surface area contributed by atoms with Crippen LogP contribution in [0.25, 0.3) is 0 Å². The Labute approximate surface area is 175 Å². The average Bonchev–Trinajstić information content (AvgIpc) is 3.02. The molecule has 8 atom stereocenters. The van der Waals surface area contributed by atoms with Gasteiger partial charge in [-0.25, -0.2) is 0 Å². The third kappa shape index (κ3) is 3.26. The first-order chi connectivity index (χ1) is 13.3. The highest BCUT2D eigenvalue weighted by Gasteiger charge is 2.57. The van der Waals surface area contributed by atoms with E-state index in [4.69, 9.17) is 0 Å². The molecule has 0 aliphatic heterocycles. The van der Waals surface area contributed by atoms with E-state index in [2.05, 4.69) is 59.8 Å². The minimum absolute atomic E-state index is 0.552. The van der Waals surface area contributed by atoms with Gasteiger partial charge in [-0.05, 0) is 97.2 Å². The Balaban J connectivity index is 1.50. The van der Waals surface area contributed by atoms with E-state index in [-0.39, 0.29) is 0 Å². The lowest BCUT2D eigenvalue weighted by atomic mass is 9.48. The standard InChI is InChI=1S/C28H46/c1-19(2)20(3)10-11-21(4)24-14-15-25-23-13-12-22-9-7-8-17-27(22,5)26(23)16-18-28(24,25)6/h7-8,13,19-22,24-26H,9-12,14-18H2,1-6H3/t20-,21+,22+,24-,25+,26+,27+,28-/m0/s1. The summed E-state index contributed by atoms with van der Waals surface area (Å²) in [5, 5.41) is 0. The van der Waals surface area contributed by atoms with Crippen LogP contribution in [0.5, 0.6) is 0 Å². The lowest BCUT2D eigenvalue weighted by Gasteiger charge is -2.56. The second-order valence-electron chi connectivity index (χ2n) is 12.2. The molecule has 0 heteroatoms. The van der Waals surface area contributed by atoms with E-state index in [9.17, 15) is 0 Å². The van der Waals surface area contributed by atoms with Crippen LogP contribution in [0.2, 0.25) is 0 Å². The maximum Gasteiger partial charge on any atom is -0.0140 e. The van der Waals surface area contributed by atoms with Crippen molar-refractivity contribution < 1.29 is 0 Å². The normalized spacial score (nSPS) is 44.5. The highest BCUT2D eigenvalue weighted by molar-refractivity contribution is 5.28. The van der Waals surface area contributed by atoms with E-state index in [1.54, 1.807) is 0 Å². The van der Waals surface area contributed by atoms with Crippen molar-refractivity contribution in [3.05, 3.63) is 23.8 Å². The molecule has 0 aromatic rings. The fourth-order valence-corrected chi connectivity index (χ4v) is 8.13. The Hall–Kier alpha value is -0.520. The van der Waals surface area contributed by atoms with Crippen molar-refractivity contribution in [3.63, 3.8) is 0 Å². The van der Waals surface area contributed by atoms with Gasteiger partial charge in [0.2, 0.25) is 0 Å². The molecule has 0 radical (unpaired) electrons. The molecule has 4 aliphatic carbocycles. The number of hydrogen-bond acceptors (Lipinski definition) is 0. The monoisotopic (exact) mass is 382 g/mol. The lowest BCUT2D eigenvalue weighted by Crippen LogP contribution is -2.47. The molecule has 0 bridgehead atoms. The van der Waals surface area contributed by atoms with Crippen molar-refractivity contribution in [2.45, 2.75) is 99.3 Å². The maximum absolute atomic E-state index is 2.76. The lowest BCUT2D eigenvalue weighted by molar-refractivity contribution is 0.0118. The summed E-state index contributed by atoms with van der Waals surface area (Å²) in [6.45, 7) is 15.2. The van der Waals surface area contributed by atoms with E-state index in [1.165, 1.54) is 57.8 Å². The van der Waals surface area contributed by atoms with Gasteiger partial charge < -0.3 is 0 Å². The van der Waals surface area contributed by atoms with Crippen LogP contribution in [0.1, 0.15) is 99.3 Å². The summed E-state index contributed by atoms with van der Waals surface area (Å²) in [6, 6.07) is 0. The van der Waals surface area contributed by atoms with Gasteiger partial charge in [0.05, 0.1) is 0 Å². The van der Waals surface area contributed by atoms with Gasteiger partial charge in [0.1, 0.15) is 0 Å². The third-order valence-corrected chi connectivity index (χ3v) is 10.6. The van der Waals surface area contributed by atoms with Crippen LogP contribution in [0.15, 0.2) is 23.8 Å². The van der Waals surface area contributed by atoms with E-state index in [1.807, 2.05) is 5.57 Å². The molecule has 0 saturated heterocycles. The van der Waals surface area contributed by atoms with Gasteiger partial charge in [0, 0.05) is 0 Å². The van der Waals surface area contributed by atoms with Gasteiger partial charge in [0.25, 0.3) is 0 Å². The topological polar surface area (TPSA) is 0 Å². The Morgan fingerprint density at radius 1 is 0.893 bits per heavy atom.